The summed E-state index contributed by atoms with van der Waals surface area (Å²) in [5.41, 5.74) is 4.13. The van der Waals surface area contributed by atoms with Crippen molar-refractivity contribution in [2.75, 3.05) is 24.5 Å². The second kappa shape index (κ2) is 7.19. The Morgan fingerprint density at radius 2 is 1.79 bits per heavy atom. The molecule has 1 amide bonds. The van der Waals surface area contributed by atoms with Gasteiger partial charge in [-0.25, -0.2) is 4.79 Å². The number of para-hydroxylation sites is 3. The molecule has 1 N–H and O–H groups in total. The number of H-pyrrole nitrogens is 1. The minimum absolute atomic E-state index is 0.0387. The highest BCUT2D eigenvalue weighted by molar-refractivity contribution is 5.97. The van der Waals surface area contributed by atoms with E-state index in [1.54, 1.807) is 0 Å². The highest BCUT2D eigenvalue weighted by Gasteiger charge is 2.32. The molecular weight excluding hydrogens is 364 g/mol. The molecule has 0 aliphatic carbocycles. The van der Waals surface area contributed by atoms with Gasteiger partial charge in [0.05, 0.1) is 17.6 Å². The lowest BCUT2D eigenvalue weighted by atomic mass is 10.0. The number of likely N-dealkylation sites (tertiary alicyclic amines) is 1. The van der Waals surface area contributed by atoms with Gasteiger partial charge in [0.15, 0.2) is 0 Å². The van der Waals surface area contributed by atoms with Gasteiger partial charge in [0.2, 0.25) is 5.91 Å². The maximum absolute atomic E-state index is 13.0. The van der Waals surface area contributed by atoms with Gasteiger partial charge in [-0.15, -0.1) is 0 Å². The van der Waals surface area contributed by atoms with Crippen LogP contribution in [0.3, 0.4) is 0 Å². The van der Waals surface area contributed by atoms with Crippen LogP contribution in [0, 0.1) is 0 Å². The van der Waals surface area contributed by atoms with Crippen molar-refractivity contribution >= 4 is 22.6 Å². The number of hydrogen-bond donors (Lipinski definition) is 1. The Labute approximate surface area is 169 Å². The summed E-state index contributed by atoms with van der Waals surface area (Å²) >= 11 is 0. The molecule has 1 saturated heterocycles. The fraction of sp³-hybridized carbons (Fsp3) is 0.391. The summed E-state index contributed by atoms with van der Waals surface area (Å²) < 4.78 is 1.90. The summed E-state index contributed by atoms with van der Waals surface area (Å²) in [7, 11) is 0. The number of carbonyl (C=O) groups is 1. The Morgan fingerprint density at radius 3 is 2.62 bits per heavy atom. The third-order valence-electron chi connectivity index (χ3n) is 6.38. The number of rotatable bonds is 3. The van der Waals surface area contributed by atoms with Gasteiger partial charge in [-0.1, -0.05) is 30.3 Å². The van der Waals surface area contributed by atoms with E-state index in [1.807, 2.05) is 51.9 Å². The number of benzene rings is 2. The van der Waals surface area contributed by atoms with Crippen molar-refractivity contribution in [2.45, 2.75) is 38.3 Å². The second-order valence-corrected chi connectivity index (χ2v) is 8.27. The number of anilines is 1. The normalized spacial score (nSPS) is 20.3. The van der Waals surface area contributed by atoms with E-state index in [0.717, 1.165) is 49.1 Å². The molecule has 6 nitrogen and oxygen atoms in total. The van der Waals surface area contributed by atoms with Gasteiger partial charge in [0.1, 0.15) is 0 Å². The zero-order valence-corrected chi connectivity index (χ0v) is 16.7. The van der Waals surface area contributed by atoms with Crippen molar-refractivity contribution in [3.05, 3.63) is 64.6 Å². The SMILES string of the molecule is CC1Cc2ccccc2N1C(=O)CN1CCC(n2c(=O)[nH]c3ccccc32)CC1. The van der Waals surface area contributed by atoms with Crippen LogP contribution in [-0.2, 0) is 11.2 Å². The summed E-state index contributed by atoms with van der Waals surface area (Å²) in [6.45, 7) is 4.21. The summed E-state index contributed by atoms with van der Waals surface area (Å²) in [6.07, 6.45) is 2.68. The number of nitrogens with zero attached hydrogens (tertiary/aromatic N) is 3. The van der Waals surface area contributed by atoms with Crippen LogP contribution in [0.5, 0.6) is 0 Å². The first-order valence-corrected chi connectivity index (χ1v) is 10.4. The molecule has 1 unspecified atom stereocenters. The van der Waals surface area contributed by atoms with E-state index in [4.69, 9.17) is 0 Å². The lowest BCUT2D eigenvalue weighted by molar-refractivity contribution is -0.120. The Balaban J connectivity index is 1.26. The topological polar surface area (TPSA) is 61.3 Å². The van der Waals surface area contributed by atoms with Crippen LogP contribution in [0.4, 0.5) is 5.69 Å². The van der Waals surface area contributed by atoms with Gasteiger partial charge in [-0.3, -0.25) is 14.3 Å². The van der Waals surface area contributed by atoms with Crippen LogP contribution in [-0.4, -0.2) is 46.0 Å². The number of aromatic nitrogens is 2. The molecule has 2 aliphatic heterocycles. The monoisotopic (exact) mass is 390 g/mol. The van der Waals surface area contributed by atoms with Gasteiger partial charge >= 0.3 is 5.69 Å². The van der Waals surface area contributed by atoms with E-state index in [-0.39, 0.29) is 23.7 Å². The van der Waals surface area contributed by atoms with Gasteiger partial charge in [0, 0.05) is 30.9 Å². The van der Waals surface area contributed by atoms with Crippen LogP contribution in [0.1, 0.15) is 31.4 Å². The first-order chi connectivity index (χ1) is 14.1. The van der Waals surface area contributed by atoms with E-state index in [0.29, 0.717) is 6.54 Å². The van der Waals surface area contributed by atoms with E-state index >= 15 is 0 Å². The molecule has 3 heterocycles. The number of hydrogen-bond acceptors (Lipinski definition) is 3. The summed E-state index contributed by atoms with van der Waals surface area (Å²) in [5.74, 6) is 0.171. The van der Waals surface area contributed by atoms with Crippen molar-refractivity contribution in [1.29, 1.82) is 0 Å². The highest BCUT2D eigenvalue weighted by atomic mass is 16.2. The molecule has 1 aromatic heterocycles. The minimum Gasteiger partial charge on any atom is -0.308 e. The molecule has 1 atom stereocenters. The molecule has 5 rings (SSSR count). The highest BCUT2D eigenvalue weighted by Crippen LogP contribution is 2.32. The van der Waals surface area contributed by atoms with Crippen molar-refractivity contribution in [2.24, 2.45) is 0 Å². The van der Waals surface area contributed by atoms with Crippen molar-refractivity contribution < 1.29 is 4.79 Å². The molecule has 6 heteroatoms. The fourth-order valence-electron chi connectivity index (χ4n) is 4.99. The zero-order chi connectivity index (χ0) is 20.0. The number of aromatic amines is 1. The second-order valence-electron chi connectivity index (χ2n) is 8.27. The van der Waals surface area contributed by atoms with Crippen LogP contribution < -0.4 is 10.6 Å². The van der Waals surface area contributed by atoms with Crippen molar-refractivity contribution in [1.82, 2.24) is 14.5 Å². The Hall–Kier alpha value is -2.86. The zero-order valence-electron chi connectivity index (χ0n) is 16.7. The Kier molecular flexibility index (Phi) is 4.51. The van der Waals surface area contributed by atoms with Crippen LogP contribution >= 0.6 is 0 Å². The fourth-order valence-corrected chi connectivity index (χ4v) is 4.99. The largest absolute Gasteiger partial charge is 0.326 e. The molecular formula is C23H26N4O2. The standard InChI is InChI=1S/C23H26N4O2/c1-16-14-17-6-2-4-8-20(17)26(16)22(28)15-25-12-10-18(11-13-25)27-21-9-5-3-7-19(21)24-23(27)29/h2-9,16,18H,10-15H2,1H3,(H,24,29). The van der Waals surface area contributed by atoms with E-state index < -0.39 is 0 Å². The third kappa shape index (κ3) is 3.17. The molecule has 2 aliphatic rings. The van der Waals surface area contributed by atoms with Crippen LogP contribution in [0.2, 0.25) is 0 Å². The maximum atomic E-state index is 13.0. The smallest absolute Gasteiger partial charge is 0.308 e. The summed E-state index contributed by atoms with van der Waals surface area (Å²) in [5, 5.41) is 0. The molecule has 2 aromatic carbocycles. The van der Waals surface area contributed by atoms with Gasteiger partial charge in [0.25, 0.3) is 0 Å². The van der Waals surface area contributed by atoms with E-state index in [9.17, 15) is 9.59 Å². The molecule has 1 fully saturated rings. The lowest BCUT2D eigenvalue weighted by Gasteiger charge is -2.33. The van der Waals surface area contributed by atoms with Gasteiger partial charge in [-0.05, 0) is 49.9 Å². The minimum atomic E-state index is -0.0387. The van der Waals surface area contributed by atoms with Crippen molar-refractivity contribution in [3.8, 4) is 0 Å². The quantitative estimate of drug-likeness (QED) is 0.748. The molecule has 0 radical (unpaired) electrons. The number of nitrogens with one attached hydrogen (secondary N) is 1. The number of imidazole rings is 1. The third-order valence-corrected chi connectivity index (χ3v) is 6.38. The van der Waals surface area contributed by atoms with Crippen molar-refractivity contribution in [3.63, 3.8) is 0 Å². The first kappa shape index (κ1) is 18.2. The predicted octanol–water partition coefficient (Wildman–Crippen LogP) is 2.94. The average molecular weight is 390 g/mol. The van der Waals surface area contributed by atoms with Crippen LogP contribution in [0.25, 0.3) is 11.0 Å². The maximum Gasteiger partial charge on any atom is 0.326 e. The molecule has 150 valence electrons. The van der Waals surface area contributed by atoms with Gasteiger partial charge < -0.3 is 9.88 Å². The molecule has 0 spiro atoms. The van der Waals surface area contributed by atoms with Crippen LogP contribution in [0.15, 0.2) is 53.3 Å². The van der Waals surface area contributed by atoms with E-state index in [1.165, 1.54) is 5.56 Å². The molecule has 3 aromatic rings. The number of amides is 1. The Morgan fingerprint density at radius 1 is 1.07 bits per heavy atom. The Bertz CT molecular complexity index is 1110. The number of piperidine rings is 1. The predicted molar refractivity (Wildman–Crippen MR) is 114 cm³/mol. The first-order valence-electron chi connectivity index (χ1n) is 10.4. The lowest BCUT2D eigenvalue weighted by Crippen LogP contribution is -2.46. The molecule has 29 heavy (non-hydrogen) atoms. The molecule has 0 bridgehead atoms. The number of fused-ring (bicyclic) bond motifs is 2. The molecule has 0 saturated carbocycles. The number of carbonyl (C=O) groups excluding carboxylic acids is 1. The average Bonchev–Trinajstić information content (AvgIpc) is 3.23. The van der Waals surface area contributed by atoms with E-state index in [2.05, 4.69) is 22.9 Å². The summed E-state index contributed by atoms with van der Waals surface area (Å²) in [4.78, 5) is 32.7. The van der Waals surface area contributed by atoms with Gasteiger partial charge in [-0.2, -0.15) is 0 Å². The summed E-state index contributed by atoms with van der Waals surface area (Å²) in [6, 6.07) is 16.4.